The smallest absolute Gasteiger partial charge is 0.222 e. The molecule has 0 unspecified atom stereocenters. The second-order valence-corrected chi connectivity index (χ2v) is 5.09. The molecule has 0 aromatic heterocycles. The van der Waals surface area contributed by atoms with Crippen molar-refractivity contribution in [1.82, 2.24) is 9.80 Å². The third kappa shape index (κ3) is 3.97. The number of ether oxygens (including phenoxy) is 1. The molecule has 4 heteroatoms. The van der Waals surface area contributed by atoms with E-state index in [2.05, 4.69) is 17.0 Å². The Labute approximate surface area is 121 Å². The second-order valence-electron chi connectivity index (χ2n) is 5.09. The number of carbonyl (C=O) groups is 1. The van der Waals surface area contributed by atoms with Crippen molar-refractivity contribution in [3.8, 4) is 5.75 Å². The minimum Gasteiger partial charge on any atom is -0.494 e. The molecule has 2 rings (SSSR count). The first-order valence-corrected chi connectivity index (χ1v) is 7.44. The molecule has 0 spiro atoms. The minimum atomic E-state index is 0.269. The molecule has 0 bridgehead atoms. The predicted octanol–water partition coefficient (Wildman–Crippen LogP) is 2.14. The fourth-order valence-electron chi connectivity index (χ4n) is 2.49. The third-order valence-electron chi connectivity index (χ3n) is 3.67. The van der Waals surface area contributed by atoms with Crippen molar-refractivity contribution in [3.05, 3.63) is 29.8 Å². The van der Waals surface area contributed by atoms with Gasteiger partial charge in [0.1, 0.15) is 5.75 Å². The van der Waals surface area contributed by atoms with Crippen LogP contribution in [0.15, 0.2) is 24.3 Å². The molecular formula is C16H24N2O2. The fourth-order valence-corrected chi connectivity index (χ4v) is 2.49. The summed E-state index contributed by atoms with van der Waals surface area (Å²) in [6.07, 6.45) is 0.610. The number of hydrogen-bond donors (Lipinski definition) is 0. The zero-order valence-corrected chi connectivity index (χ0v) is 12.5. The van der Waals surface area contributed by atoms with Gasteiger partial charge in [0.25, 0.3) is 0 Å². The number of hydrogen-bond acceptors (Lipinski definition) is 3. The van der Waals surface area contributed by atoms with Gasteiger partial charge in [0.15, 0.2) is 0 Å². The van der Waals surface area contributed by atoms with Crippen LogP contribution in [0.3, 0.4) is 0 Å². The zero-order chi connectivity index (χ0) is 14.4. The van der Waals surface area contributed by atoms with E-state index in [1.807, 2.05) is 30.9 Å². The van der Waals surface area contributed by atoms with Crippen molar-refractivity contribution in [2.75, 3.05) is 32.8 Å². The number of rotatable bonds is 5. The number of carbonyl (C=O) groups excluding carboxylic acids is 1. The van der Waals surface area contributed by atoms with Crippen LogP contribution >= 0.6 is 0 Å². The molecule has 1 heterocycles. The van der Waals surface area contributed by atoms with E-state index in [1.54, 1.807) is 0 Å². The molecular weight excluding hydrogens is 252 g/mol. The van der Waals surface area contributed by atoms with Crippen LogP contribution in [-0.2, 0) is 11.3 Å². The maximum atomic E-state index is 11.6. The van der Waals surface area contributed by atoms with Gasteiger partial charge in [0.2, 0.25) is 5.91 Å². The molecule has 1 aromatic rings. The summed E-state index contributed by atoms with van der Waals surface area (Å²) in [6, 6.07) is 8.29. The standard InChI is InChI=1S/C16H24N2O2/c1-3-16(19)18-11-9-17(10-12-18)13-14-5-7-15(8-6-14)20-4-2/h5-8H,3-4,9-13H2,1-2H3. The van der Waals surface area contributed by atoms with E-state index in [-0.39, 0.29) is 5.91 Å². The summed E-state index contributed by atoms with van der Waals surface area (Å²) in [4.78, 5) is 16.0. The van der Waals surface area contributed by atoms with Gasteiger partial charge >= 0.3 is 0 Å². The highest BCUT2D eigenvalue weighted by atomic mass is 16.5. The zero-order valence-electron chi connectivity index (χ0n) is 12.5. The average molecular weight is 276 g/mol. The monoisotopic (exact) mass is 276 g/mol. The molecule has 1 aromatic carbocycles. The molecule has 4 nitrogen and oxygen atoms in total. The van der Waals surface area contributed by atoms with Crippen LogP contribution < -0.4 is 4.74 Å². The van der Waals surface area contributed by atoms with Crippen molar-refractivity contribution >= 4 is 5.91 Å². The molecule has 0 saturated carbocycles. The number of nitrogens with zero attached hydrogens (tertiary/aromatic N) is 2. The lowest BCUT2D eigenvalue weighted by Gasteiger charge is -2.34. The van der Waals surface area contributed by atoms with Crippen molar-refractivity contribution in [2.45, 2.75) is 26.8 Å². The molecule has 1 saturated heterocycles. The van der Waals surface area contributed by atoms with Gasteiger partial charge < -0.3 is 9.64 Å². The van der Waals surface area contributed by atoms with E-state index >= 15 is 0 Å². The topological polar surface area (TPSA) is 32.8 Å². The van der Waals surface area contributed by atoms with Crippen molar-refractivity contribution in [2.24, 2.45) is 0 Å². The van der Waals surface area contributed by atoms with Gasteiger partial charge in [-0.25, -0.2) is 0 Å². The summed E-state index contributed by atoms with van der Waals surface area (Å²) in [5.74, 6) is 1.19. The van der Waals surface area contributed by atoms with Crippen LogP contribution in [0.4, 0.5) is 0 Å². The van der Waals surface area contributed by atoms with Gasteiger partial charge in [0, 0.05) is 39.1 Å². The van der Waals surface area contributed by atoms with Crippen molar-refractivity contribution < 1.29 is 9.53 Å². The highest BCUT2D eigenvalue weighted by Gasteiger charge is 2.19. The molecule has 0 aliphatic carbocycles. The van der Waals surface area contributed by atoms with Crippen LogP contribution in [0.5, 0.6) is 5.75 Å². The normalized spacial score (nSPS) is 16.2. The predicted molar refractivity (Wildman–Crippen MR) is 79.8 cm³/mol. The van der Waals surface area contributed by atoms with Crippen LogP contribution in [-0.4, -0.2) is 48.5 Å². The minimum absolute atomic E-state index is 0.269. The quantitative estimate of drug-likeness (QED) is 0.826. The lowest BCUT2D eigenvalue weighted by molar-refractivity contribution is -0.132. The van der Waals surface area contributed by atoms with Gasteiger partial charge in [-0.15, -0.1) is 0 Å². The maximum Gasteiger partial charge on any atom is 0.222 e. The van der Waals surface area contributed by atoms with Crippen LogP contribution in [0, 0.1) is 0 Å². The van der Waals surface area contributed by atoms with Gasteiger partial charge in [0.05, 0.1) is 6.61 Å². The van der Waals surface area contributed by atoms with E-state index in [4.69, 9.17) is 4.74 Å². The van der Waals surface area contributed by atoms with Crippen molar-refractivity contribution in [3.63, 3.8) is 0 Å². The Bertz CT molecular complexity index is 423. The van der Waals surface area contributed by atoms with Gasteiger partial charge in [-0.1, -0.05) is 19.1 Å². The third-order valence-corrected chi connectivity index (χ3v) is 3.67. The number of piperazine rings is 1. The fraction of sp³-hybridized carbons (Fsp3) is 0.562. The van der Waals surface area contributed by atoms with Crippen molar-refractivity contribution in [1.29, 1.82) is 0 Å². The van der Waals surface area contributed by atoms with Gasteiger partial charge in [-0.3, -0.25) is 9.69 Å². The molecule has 1 aliphatic heterocycles. The molecule has 20 heavy (non-hydrogen) atoms. The Morgan fingerprint density at radius 1 is 1.10 bits per heavy atom. The van der Waals surface area contributed by atoms with E-state index < -0.39 is 0 Å². The van der Waals surface area contributed by atoms with Crippen LogP contribution in [0.1, 0.15) is 25.8 Å². The molecule has 1 aliphatic rings. The maximum absolute atomic E-state index is 11.6. The summed E-state index contributed by atoms with van der Waals surface area (Å²) in [5.41, 5.74) is 1.30. The molecule has 0 atom stereocenters. The number of benzene rings is 1. The average Bonchev–Trinajstić information content (AvgIpc) is 2.49. The number of amides is 1. The Balaban J connectivity index is 1.81. The largest absolute Gasteiger partial charge is 0.494 e. The van der Waals surface area contributed by atoms with Gasteiger partial charge in [-0.2, -0.15) is 0 Å². The summed E-state index contributed by atoms with van der Waals surface area (Å²) in [5, 5.41) is 0. The summed E-state index contributed by atoms with van der Waals surface area (Å²) >= 11 is 0. The SMILES string of the molecule is CCOc1ccc(CN2CCN(C(=O)CC)CC2)cc1. The first-order chi connectivity index (χ1) is 9.72. The van der Waals surface area contributed by atoms with Crippen LogP contribution in [0.2, 0.25) is 0 Å². The van der Waals surface area contributed by atoms with E-state index in [9.17, 15) is 4.79 Å². The highest BCUT2D eigenvalue weighted by Crippen LogP contribution is 2.14. The molecule has 1 amide bonds. The first kappa shape index (κ1) is 14.9. The summed E-state index contributed by atoms with van der Waals surface area (Å²) < 4.78 is 5.45. The van der Waals surface area contributed by atoms with Gasteiger partial charge in [-0.05, 0) is 24.6 Å². The van der Waals surface area contributed by atoms with Crippen LogP contribution in [0.25, 0.3) is 0 Å². The Hall–Kier alpha value is -1.55. The van der Waals surface area contributed by atoms with E-state index in [0.717, 1.165) is 38.5 Å². The summed E-state index contributed by atoms with van der Waals surface area (Å²) in [6.45, 7) is 9.18. The second kappa shape index (κ2) is 7.29. The lowest BCUT2D eigenvalue weighted by Crippen LogP contribution is -2.48. The van der Waals surface area contributed by atoms with E-state index in [1.165, 1.54) is 5.56 Å². The van der Waals surface area contributed by atoms with E-state index in [0.29, 0.717) is 13.0 Å². The molecule has 1 fully saturated rings. The molecule has 0 radical (unpaired) electrons. The first-order valence-electron chi connectivity index (χ1n) is 7.44. The molecule has 110 valence electrons. The highest BCUT2D eigenvalue weighted by molar-refractivity contribution is 5.75. The lowest BCUT2D eigenvalue weighted by atomic mass is 10.2. The molecule has 0 N–H and O–H groups in total. The Kier molecular flexibility index (Phi) is 5.41. The summed E-state index contributed by atoms with van der Waals surface area (Å²) in [7, 11) is 0. The Morgan fingerprint density at radius 2 is 1.75 bits per heavy atom. The Morgan fingerprint density at radius 3 is 2.30 bits per heavy atom.